The maximum absolute atomic E-state index is 13.2. The number of anilines is 1. The highest BCUT2D eigenvalue weighted by Gasteiger charge is 2.19. The van der Waals surface area contributed by atoms with Gasteiger partial charge in [0.1, 0.15) is 22.7 Å². The number of methoxy groups -OCH3 is 1. The molecule has 3 aromatic carbocycles. The average molecular weight is 483 g/mol. The van der Waals surface area contributed by atoms with Crippen molar-refractivity contribution in [2.45, 2.75) is 6.92 Å². The Labute approximate surface area is 202 Å². The van der Waals surface area contributed by atoms with Crippen molar-refractivity contribution in [3.05, 3.63) is 88.4 Å². The Hall–Kier alpha value is -4.50. The zero-order chi connectivity index (χ0) is 24.1. The molecule has 3 heterocycles. The van der Waals surface area contributed by atoms with Crippen LogP contribution in [0.2, 0.25) is 0 Å². The number of carbonyl (C=O) groups excluding carboxylic acids is 1. The van der Waals surface area contributed by atoms with E-state index in [0.717, 1.165) is 26.7 Å². The molecule has 0 aliphatic heterocycles. The van der Waals surface area contributed by atoms with Gasteiger partial charge >= 0.3 is 5.63 Å². The molecule has 0 aliphatic rings. The first-order valence-corrected chi connectivity index (χ1v) is 11.6. The number of fused-ring (bicyclic) bond motifs is 4. The van der Waals surface area contributed by atoms with Crippen LogP contribution >= 0.6 is 11.3 Å². The summed E-state index contributed by atoms with van der Waals surface area (Å²) in [6.45, 7) is 1.82. The van der Waals surface area contributed by atoms with Crippen molar-refractivity contribution in [2.75, 3.05) is 12.4 Å². The Balaban J connectivity index is 1.40. The molecule has 0 fully saturated rings. The molecule has 0 saturated heterocycles. The van der Waals surface area contributed by atoms with Crippen molar-refractivity contribution in [1.82, 2.24) is 14.8 Å². The van der Waals surface area contributed by atoms with Gasteiger partial charge in [0, 0.05) is 11.5 Å². The molecule has 9 heteroatoms. The standard InChI is InChI=1S/C26H18N4O4S/c1-14-11-23(30(29-14)26-27-20-9-8-16(33-2)12-22(20)35-26)28-24(31)19-13-18-17-6-4-3-5-15(17)7-10-21(18)34-25(19)32/h3-13H,1-2H3,(H,28,31). The zero-order valence-corrected chi connectivity index (χ0v) is 19.6. The van der Waals surface area contributed by atoms with E-state index < -0.39 is 11.5 Å². The van der Waals surface area contributed by atoms with Gasteiger partial charge in [0.25, 0.3) is 5.91 Å². The van der Waals surface area contributed by atoms with Crippen LogP contribution in [-0.2, 0) is 0 Å². The van der Waals surface area contributed by atoms with E-state index in [0.29, 0.717) is 27.6 Å². The summed E-state index contributed by atoms with van der Waals surface area (Å²) in [6, 6.07) is 20.3. The molecule has 172 valence electrons. The molecule has 6 aromatic rings. The van der Waals surface area contributed by atoms with Crippen LogP contribution in [0.5, 0.6) is 5.75 Å². The third-order valence-electron chi connectivity index (χ3n) is 5.73. The normalized spacial score (nSPS) is 11.4. The number of carbonyl (C=O) groups is 1. The average Bonchev–Trinajstić information content (AvgIpc) is 3.45. The molecule has 0 radical (unpaired) electrons. The third-order valence-corrected chi connectivity index (χ3v) is 6.72. The van der Waals surface area contributed by atoms with Crippen LogP contribution in [0.4, 0.5) is 5.82 Å². The van der Waals surface area contributed by atoms with Gasteiger partial charge < -0.3 is 14.5 Å². The number of hydrogen-bond donors (Lipinski definition) is 1. The predicted molar refractivity (Wildman–Crippen MR) is 136 cm³/mol. The summed E-state index contributed by atoms with van der Waals surface area (Å²) in [5, 5.41) is 10.5. The fourth-order valence-corrected chi connectivity index (χ4v) is 5.02. The second-order valence-corrected chi connectivity index (χ2v) is 9.02. The third kappa shape index (κ3) is 3.62. The summed E-state index contributed by atoms with van der Waals surface area (Å²) in [4.78, 5) is 30.5. The lowest BCUT2D eigenvalue weighted by molar-refractivity contribution is 0.102. The number of hydrogen-bond acceptors (Lipinski definition) is 7. The molecular formula is C26H18N4O4S. The minimum atomic E-state index is -0.708. The Morgan fingerprint density at radius 2 is 1.91 bits per heavy atom. The smallest absolute Gasteiger partial charge is 0.349 e. The highest BCUT2D eigenvalue weighted by atomic mass is 32.1. The molecular weight excluding hydrogens is 464 g/mol. The second kappa shape index (κ2) is 8.07. The van der Waals surface area contributed by atoms with Crippen molar-refractivity contribution >= 4 is 55.0 Å². The first kappa shape index (κ1) is 21.1. The maximum Gasteiger partial charge on any atom is 0.349 e. The van der Waals surface area contributed by atoms with Crippen molar-refractivity contribution in [3.8, 4) is 10.9 Å². The molecule has 1 N–H and O–H groups in total. The van der Waals surface area contributed by atoms with Crippen LogP contribution in [0.3, 0.4) is 0 Å². The van der Waals surface area contributed by atoms with E-state index in [-0.39, 0.29) is 5.56 Å². The number of ether oxygens (including phenoxy) is 1. The van der Waals surface area contributed by atoms with Gasteiger partial charge in [-0.25, -0.2) is 9.78 Å². The van der Waals surface area contributed by atoms with Gasteiger partial charge in [-0.05, 0) is 48.0 Å². The van der Waals surface area contributed by atoms with Gasteiger partial charge in [0.05, 0.1) is 23.0 Å². The molecule has 0 saturated carbocycles. The van der Waals surface area contributed by atoms with E-state index in [2.05, 4.69) is 15.4 Å². The first-order chi connectivity index (χ1) is 17.0. The van der Waals surface area contributed by atoms with Gasteiger partial charge in [-0.3, -0.25) is 4.79 Å². The number of rotatable bonds is 4. The van der Waals surface area contributed by atoms with Gasteiger partial charge in [0.2, 0.25) is 5.13 Å². The largest absolute Gasteiger partial charge is 0.497 e. The van der Waals surface area contributed by atoms with E-state index in [9.17, 15) is 9.59 Å². The van der Waals surface area contributed by atoms with Gasteiger partial charge in [-0.1, -0.05) is 41.7 Å². The Morgan fingerprint density at radius 3 is 2.77 bits per heavy atom. The quantitative estimate of drug-likeness (QED) is 0.270. The summed E-state index contributed by atoms with van der Waals surface area (Å²) < 4.78 is 13.3. The zero-order valence-electron chi connectivity index (χ0n) is 18.7. The summed E-state index contributed by atoms with van der Waals surface area (Å²) >= 11 is 1.41. The van der Waals surface area contributed by atoms with Gasteiger partial charge in [-0.2, -0.15) is 9.78 Å². The monoisotopic (exact) mass is 482 g/mol. The van der Waals surface area contributed by atoms with Crippen LogP contribution in [0, 0.1) is 6.92 Å². The molecule has 35 heavy (non-hydrogen) atoms. The number of aromatic nitrogens is 3. The lowest BCUT2D eigenvalue weighted by Crippen LogP contribution is -2.22. The molecule has 0 spiro atoms. The van der Waals surface area contributed by atoms with Crippen LogP contribution in [0.1, 0.15) is 16.1 Å². The van der Waals surface area contributed by atoms with Crippen LogP contribution in [0.25, 0.3) is 37.1 Å². The number of amides is 1. The van der Waals surface area contributed by atoms with Crippen LogP contribution in [-0.4, -0.2) is 27.8 Å². The number of nitrogens with zero attached hydrogens (tertiary/aromatic N) is 3. The predicted octanol–water partition coefficient (Wildman–Crippen LogP) is 5.31. The van der Waals surface area contributed by atoms with Crippen molar-refractivity contribution in [1.29, 1.82) is 0 Å². The molecule has 3 aromatic heterocycles. The van der Waals surface area contributed by atoms with E-state index in [4.69, 9.17) is 9.15 Å². The SMILES string of the molecule is COc1ccc2nc(-n3nc(C)cc3NC(=O)c3cc4c(ccc5ccccc54)oc3=O)sc2c1. The highest BCUT2D eigenvalue weighted by molar-refractivity contribution is 7.20. The van der Waals surface area contributed by atoms with E-state index >= 15 is 0 Å². The minimum absolute atomic E-state index is 0.0895. The first-order valence-electron chi connectivity index (χ1n) is 10.8. The molecule has 0 aliphatic carbocycles. The van der Waals surface area contributed by atoms with Crippen LogP contribution in [0.15, 0.2) is 75.9 Å². The summed E-state index contributed by atoms with van der Waals surface area (Å²) in [7, 11) is 1.61. The Kier molecular flexibility index (Phi) is 4.85. The molecule has 0 unspecified atom stereocenters. The van der Waals surface area contributed by atoms with Gasteiger partial charge in [-0.15, -0.1) is 0 Å². The molecule has 8 nitrogen and oxygen atoms in total. The summed E-state index contributed by atoms with van der Waals surface area (Å²) in [6.07, 6.45) is 0. The Morgan fingerprint density at radius 1 is 1.06 bits per heavy atom. The minimum Gasteiger partial charge on any atom is -0.497 e. The van der Waals surface area contributed by atoms with Crippen molar-refractivity contribution < 1.29 is 13.9 Å². The molecule has 0 bridgehead atoms. The maximum atomic E-state index is 13.2. The van der Waals surface area contributed by atoms with Crippen molar-refractivity contribution in [3.63, 3.8) is 0 Å². The highest BCUT2D eigenvalue weighted by Crippen LogP contribution is 2.30. The molecule has 1 amide bonds. The lowest BCUT2D eigenvalue weighted by Gasteiger charge is -2.07. The number of aryl methyl sites for hydroxylation is 1. The van der Waals surface area contributed by atoms with E-state index in [1.54, 1.807) is 30.0 Å². The van der Waals surface area contributed by atoms with E-state index in [1.807, 2.05) is 55.5 Å². The fraction of sp³-hybridized carbons (Fsp3) is 0.0769. The second-order valence-electron chi connectivity index (χ2n) is 8.01. The fourth-order valence-electron chi connectivity index (χ4n) is 4.06. The summed E-state index contributed by atoms with van der Waals surface area (Å²) in [5.74, 6) is 0.543. The Bertz CT molecular complexity index is 1830. The lowest BCUT2D eigenvalue weighted by atomic mass is 10.0. The number of thiazole rings is 1. The summed E-state index contributed by atoms with van der Waals surface area (Å²) in [5.41, 5.74) is 1.11. The van der Waals surface area contributed by atoms with Gasteiger partial charge in [0.15, 0.2) is 0 Å². The number of benzene rings is 3. The number of nitrogens with one attached hydrogen (secondary N) is 1. The molecule has 6 rings (SSSR count). The van der Waals surface area contributed by atoms with E-state index in [1.165, 1.54) is 11.3 Å². The van der Waals surface area contributed by atoms with Crippen LogP contribution < -0.4 is 15.7 Å². The topological polar surface area (TPSA) is 99.2 Å². The molecule has 0 atom stereocenters. The van der Waals surface area contributed by atoms with Crippen molar-refractivity contribution in [2.24, 2.45) is 0 Å².